The molecule has 0 aliphatic carbocycles. The molecule has 57 heavy (non-hydrogen) atoms. The van der Waals surface area contributed by atoms with Crippen LogP contribution >= 0.6 is 11.8 Å². The van der Waals surface area contributed by atoms with Crippen molar-refractivity contribution >= 4 is 88.0 Å². The first-order valence-corrected chi connectivity index (χ1v) is 20.1. The third kappa shape index (κ3) is 4.40. The van der Waals surface area contributed by atoms with E-state index in [0.29, 0.717) is 0 Å². The zero-order valence-electron chi connectivity index (χ0n) is 30.5. The number of hydrogen-bond acceptors (Lipinski definition) is 3. The molecule has 5 heterocycles. The summed E-state index contributed by atoms with van der Waals surface area (Å²) in [5.41, 5.74) is 12.7. The first kappa shape index (κ1) is 31.0. The van der Waals surface area contributed by atoms with Crippen LogP contribution in [0.4, 0.5) is 0 Å². The van der Waals surface area contributed by atoms with Crippen molar-refractivity contribution in [1.82, 2.24) is 19.1 Å². The highest BCUT2D eigenvalue weighted by molar-refractivity contribution is 7.99. The lowest BCUT2D eigenvalue weighted by molar-refractivity contribution is 1.10. The van der Waals surface area contributed by atoms with E-state index in [0.717, 1.165) is 38.7 Å². The van der Waals surface area contributed by atoms with Crippen molar-refractivity contribution in [3.8, 4) is 33.8 Å². The Labute approximate surface area is 331 Å². The predicted octanol–water partition coefficient (Wildman–Crippen LogP) is 13.9. The van der Waals surface area contributed by atoms with E-state index in [-0.39, 0.29) is 0 Å². The van der Waals surface area contributed by atoms with Crippen molar-refractivity contribution in [2.45, 2.75) is 9.79 Å². The molecule has 4 aromatic heterocycles. The molecule has 0 saturated carbocycles. The lowest BCUT2D eigenvalue weighted by Gasteiger charge is -2.22. The third-order valence-electron chi connectivity index (χ3n) is 11.9. The average molecular weight is 743 g/mol. The summed E-state index contributed by atoms with van der Waals surface area (Å²) in [4.78, 5) is 12.7. The standard InChI is InChI=1S/C52H30N4S/c1-2-11-35(12-3-1)55-42-16-6-4-13-36(42)40-28-33(22-25-44(40)55)34-21-24-37-41-30-45-49(39-15-8-18-46(50(39)41)57-47(37)29-34)38-14-5-7-17-43(38)56(45)48-26-23-32-20-19-31-10-9-27-53-51(31)52(32)54-48/h1-30H. The summed E-state index contributed by atoms with van der Waals surface area (Å²) in [7, 11) is 0. The lowest BCUT2D eigenvalue weighted by atomic mass is 9.93. The van der Waals surface area contributed by atoms with Crippen molar-refractivity contribution in [2.75, 3.05) is 0 Å². The number of benzene rings is 8. The quantitative estimate of drug-likeness (QED) is 0.169. The second-order valence-corrected chi connectivity index (χ2v) is 16.0. The van der Waals surface area contributed by atoms with E-state index in [9.17, 15) is 0 Å². The molecule has 0 unspecified atom stereocenters. The summed E-state index contributed by atoms with van der Waals surface area (Å²) < 4.78 is 4.73. The smallest absolute Gasteiger partial charge is 0.138 e. The molecule has 1 aliphatic heterocycles. The van der Waals surface area contributed by atoms with Crippen LogP contribution in [-0.4, -0.2) is 19.1 Å². The van der Waals surface area contributed by atoms with Gasteiger partial charge in [-0.1, -0.05) is 115 Å². The van der Waals surface area contributed by atoms with Gasteiger partial charge in [-0.3, -0.25) is 9.55 Å². The highest BCUT2D eigenvalue weighted by Gasteiger charge is 2.25. The topological polar surface area (TPSA) is 35.6 Å². The van der Waals surface area contributed by atoms with Crippen molar-refractivity contribution in [3.05, 3.63) is 182 Å². The van der Waals surface area contributed by atoms with Crippen LogP contribution in [0.15, 0.2) is 192 Å². The van der Waals surface area contributed by atoms with Crippen molar-refractivity contribution in [1.29, 1.82) is 0 Å². The molecule has 0 radical (unpaired) electrons. The molecule has 5 heteroatoms. The van der Waals surface area contributed by atoms with Gasteiger partial charge in [0, 0.05) is 59.4 Å². The molecular weight excluding hydrogens is 713 g/mol. The second-order valence-electron chi connectivity index (χ2n) is 15.0. The van der Waals surface area contributed by atoms with Gasteiger partial charge in [-0.15, -0.1) is 0 Å². The SMILES string of the molecule is c1ccc(-n2c3ccccc3c3cc(-c4ccc5c(c4)Sc4cccc6c4c-5cc4c6c5ccccc5n4-c4ccc5ccc6cccnc6c5n4)ccc32)cc1. The molecule has 4 nitrogen and oxygen atoms in total. The molecule has 0 fully saturated rings. The Bertz CT molecular complexity index is 3670. The van der Waals surface area contributed by atoms with E-state index >= 15 is 0 Å². The number of fused-ring (bicyclic) bond motifs is 12. The van der Waals surface area contributed by atoms with Gasteiger partial charge in [0.15, 0.2) is 0 Å². The molecule has 1 aliphatic rings. The van der Waals surface area contributed by atoms with Gasteiger partial charge in [0.05, 0.1) is 33.1 Å². The molecule has 13 rings (SSSR count). The minimum Gasteiger partial charge on any atom is -0.309 e. The molecule has 12 aromatic rings. The largest absolute Gasteiger partial charge is 0.309 e. The highest BCUT2D eigenvalue weighted by atomic mass is 32.2. The molecule has 8 aromatic carbocycles. The van der Waals surface area contributed by atoms with Crippen molar-refractivity contribution < 1.29 is 0 Å². The maximum Gasteiger partial charge on any atom is 0.138 e. The number of para-hydroxylation sites is 3. The summed E-state index contributed by atoms with van der Waals surface area (Å²) >= 11 is 1.88. The van der Waals surface area contributed by atoms with Crippen molar-refractivity contribution in [3.63, 3.8) is 0 Å². The van der Waals surface area contributed by atoms with Crippen LogP contribution in [0.5, 0.6) is 0 Å². The molecule has 264 valence electrons. The number of pyridine rings is 2. The first-order chi connectivity index (χ1) is 28.3. The predicted molar refractivity (Wildman–Crippen MR) is 238 cm³/mol. The van der Waals surface area contributed by atoms with Gasteiger partial charge in [0.1, 0.15) is 5.82 Å². The minimum absolute atomic E-state index is 0.888. The third-order valence-corrected chi connectivity index (χ3v) is 13.0. The van der Waals surface area contributed by atoms with Gasteiger partial charge >= 0.3 is 0 Å². The van der Waals surface area contributed by atoms with E-state index in [4.69, 9.17) is 9.97 Å². The van der Waals surface area contributed by atoms with Crippen LogP contribution < -0.4 is 0 Å². The molecule has 0 bridgehead atoms. The van der Waals surface area contributed by atoms with Crippen molar-refractivity contribution in [2.24, 2.45) is 0 Å². The molecule has 0 N–H and O–H groups in total. The fourth-order valence-electron chi connectivity index (χ4n) is 9.42. The van der Waals surface area contributed by atoms with Crippen LogP contribution in [0, 0.1) is 0 Å². The van der Waals surface area contributed by atoms with Crippen LogP contribution in [0.2, 0.25) is 0 Å². The zero-order chi connectivity index (χ0) is 37.2. The Morgan fingerprint density at radius 1 is 0.404 bits per heavy atom. The molecule has 0 saturated heterocycles. The normalized spacial score (nSPS) is 12.5. The minimum atomic E-state index is 0.888. The first-order valence-electron chi connectivity index (χ1n) is 19.3. The van der Waals surface area contributed by atoms with E-state index in [2.05, 4.69) is 179 Å². The van der Waals surface area contributed by atoms with Crippen LogP contribution in [-0.2, 0) is 0 Å². The monoisotopic (exact) mass is 742 g/mol. The Kier molecular flexibility index (Phi) is 6.35. The second kappa shape index (κ2) is 11.7. The summed E-state index contributed by atoms with van der Waals surface area (Å²) in [5, 5.41) is 9.76. The fourth-order valence-corrected chi connectivity index (χ4v) is 10.6. The summed E-state index contributed by atoms with van der Waals surface area (Å²) in [6.07, 6.45) is 1.86. The Balaban J connectivity index is 1.02. The maximum atomic E-state index is 5.36. The molecular formula is C52H30N4S. The van der Waals surface area contributed by atoms with Gasteiger partial charge in [-0.05, 0) is 100 Å². The Morgan fingerprint density at radius 2 is 1.12 bits per heavy atom. The highest BCUT2D eigenvalue weighted by Crippen LogP contribution is 2.52. The zero-order valence-corrected chi connectivity index (χ0v) is 31.3. The lowest BCUT2D eigenvalue weighted by Crippen LogP contribution is -1.99. The van der Waals surface area contributed by atoms with Crippen LogP contribution in [0.3, 0.4) is 0 Å². The number of rotatable bonds is 3. The Hall–Kier alpha value is -7.21. The van der Waals surface area contributed by atoms with E-state index in [1.54, 1.807) is 0 Å². The van der Waals surface area contributed by atoms with Gasteiger partial charge < -0.3 is 4.57 Å². The van der Waals surface area contributed by atoms with Gasteiger partial charge in [-0.25, -0.2) is 4.98 Å². The molecule has 0 spiro atoms. The van der Waals surface area contributed by atoms with E-state index in [1.807, 2.05) is 24.0 Å². The van der Waals surface area contributed by atoms with E-state index < -0.39 is 0 Å². The summed E-state index contributed by atoms with van der Waals surface area (Å²) in [6.45, 7) is 0. The van der Waals surface area contributed by atoms with Gasteiger partial charge in [0.25, 0.3) is 0 Å². The van der Waals surface area contributed by atoms with Crippen LogP contribution in [0.25, 0.3) is 110 Å². The number of hydrogen-bond donors (Lipinski definition) is 0. The van der Waals surface area contributed by atoms with E-state index in [1.165, 1.54) is 81.1 Å². The average Bonchev–Trinajstić information content (AvgIpc) is 3.79. The summed E-state index contributed by atoms with van der Waals surface area (Å²) in [5.74, 6) is 0.888. The molecule has 0 amide bonds. The maximum absolute atomic E-state index is 5.36. The Morgan fingerprint density at radius 3 is 2.02 bits per heavy atom. The summed E-state index contributed by atoms with van der Waals surface area (Å²) in [6, 6.07) is 64.0. The molecule has 0 atom stereocenters. The fraction of sp³-hybridized carbons (Fsp3) is 0. The number of nitrogens with zero attached hydrogens (tertiary/aromatic N) is 4. The number of aromatic nitrogens is 4. The van der Waals surface area contributed by atoms with Gasteiger partial charge in [-0.2, -0.15) is 0 Å². The van der Waals surface area contributed by atoms with Crippen LogP contribution in [0.1, 0.15) is 0 Å². The van der Waals surface area contributed by atoms with Gasteiger partial charge in [0.2, 0.25) is 0 Å².